The number of imidazole rings is 1. The lowest BCUT2D eigenvalue weighted by molar-refractivity contribution is -0.113. The van der Waals surface area contributed by atoms with Crippen LogP contribution in [0.15, 0.2) is 65.8 Å². The first-order valence-corrected chi connectivity index (χ1v) is 9.56. The zero-order valence-corrected chi connectivity index (χ0v) is 15.9. The Bertz CT molecular complexity index is 1100. The summed E-state index contributed by atoms with van der Waals surface area (Å²) >= 11 is 1.42. The number of nitrogens with zero attached hydrogens (tertiary/aromatic N) is 4. The molecule has 0 unspecified atom stereocenters. The van der Waals surface area contributed by atoms with Crippen molar-refractivity contribution < 1.29 is 4.79 Å². The van der Waals surface area contributed by atoms with Gasteiger partial charge in [-0.1, -0.05) is 42.1 Å². The average molecular weight is 377 g/mol. The Labute approximate surface area is 161 Å². The van der Waals surface area contributed by atoms with Gasteiger partial charge < -0.3 is 5.32 Å². The smallest absolute Gasteiger partial charge is 0.235 e. The van der Waals surface area contributed by atoms with E-state index in [-0.39, 0.29) is 11.7 Å². The number of thioether (sulfide) groups is 1. The fraction of sp³-hybridized carbons (Fsp3) is 0.150. The summed E-state index contributed by atoms with van der Waals surface area (Å²) in [5.74, 6) is 0.866. The Hall–Kier alpha value is -3.06. The van der Waals surface area contributed by atoms with Crippen molar-refractivity contribution in [2.24, 2.45) is 7.05 Å². The van der Waals surface area contributed by atoms with Gasteiger partial charge in [-0.15, -0.1) is 0 Å². The summed E-state index contributed by atoms with van der Waals surface area (Å²) in [5, 5.41) is 7.93. The van der Waals surface area contributed by atoms with E-state index in [9.17, 15) is 4.79 Å². The van der Waals surface area contributed by atoms with E-state index in [1.165, 1.54) is 11.8 Å². The summed E-state index contributed by atoms with van der Waals surface area (Å²) < 4.78 is 3.75. The normalized spacial score (nSPS) is 11.0. The number of rotatable bonds is 5. The van der Waals surface area contributed by atoms with E-state index in [1.54, 1.807) is 4.68 Å². The van der Waals surface area contributed by atoms with Gasteiger partial charge in [0.15, 0.2) is 5.16 Å². The van der Waals surface area contributed by atoms with E-state index in [4.69, 9.17) is 4.98 Å². The number of nitrogens with one attached hydrogen (secondary N) is 1. The Balaban J connectivity index is 1.58. The quantitative estimate of drug-likeness (QED) is 0.537. The maximum absolute atomic E-state index is 12.4. The van der Waals surface area contributed by atoms with Crippen LogP contribution in [0.1, 0.15) is 5.69 Å². The zero-order chi connectivity index (χ0) is 18.8. The Morgan fingerprint density at radius 3 is 2.59 bits per heavy atom. The van der Waals surface area contributed by atoms with Gasteiger partial charge in [-0.05, 0) is 31.2 Å². The molecule has 2 aromatic heterocycles. The topological polar surface area (TPSA) is 64.7 Å². The molecule has 0 aliphatic rings. The van der Waals surface area contributed by atoms with E-state index in [0.29, 0.717) is 5.82 Å². The van der Waals surface area contributed by atoms with Gasteiger partial charge in [-0.3, -0.25) is 14.0 Å². The SMILES string of the molecule is Cc1cc(NC(=O)CSc2nc3ccccc3n2-c2ccccc2)n(C)n1. The first-order chi connectivity index (χ1) is 13.1. The average Bonchev–Trinajstić information content (AvgIpc) is 3.19. The van der Waals surface area contributed by atoms with E-state index in [2.05, 4.69) is 15.0 Å². The molecule has 27 heavy (non-hydrogen) atoms. The highest BCUT2D eigenvalue weighted by molar-refractivity contribution is 7.99. The van der Waals surface area contributed by atoms with E-state index >= 15 is 0 Å². The third kappa shape index (κ3) is 3.59. The summed E-state index contributed by atoms with van der Waals surface area (Å²) in [6, 6.07) is 19.9. The molecule has 136 valence electrons. The van der Waals surface area contributed by atoms with Crippen LogP contribution in [0.3, 0.4) is 0 Å². The standard InChI is InChI=1S/C20H19N5OS/c1-14-12-18(24(2)23-14)22-19(26)13-27-20-21-16-10-6-7-11-17(16)25(20)15-8-4-3-5-9-15/h3-12H,13H2,1-2H3,(H,22,26). The minimum absolute atomic E-state index is 0.0883. The number of amides is 1. The number of fused-ring (bicyclic) bond motifs is 1. The molecule has 0 saturated heterocycles. The molecule has 0 atom stereocenters. The molecule has 4 aromatic rings. The first kappa shape index (κ1) is 17.4. The van der Waals surface area contributed by atoms with Gasteiger partial charge in [0.2, 0.25) is 5.91 Å². The van der Waals surface area contributed by atoms with Gasteiger partial charge in [0.1, 0.15) is 5.82 Å². The van der Waals surface area contributed by atoms with Crippen LogP contribution in [-0.2, 0) is 11.8 Å². The van der Waals surface area contributed by atoms with Gasteiger partial charge in [-0.25, -0.2) is 4.98 Å². The number of carbonyl (C=O) groups excluding carboxylic acids is 1. The van der Waals surface area contributed by atoms with Crippen molar-refractivity contribution in [3.05, 3.63) is 66.4 Å². The van der Waals surface area contributed by atoms with Crippen molar-refractivity contribution in [1.82, 2.24) is 19.3 Å². The fourth-order valence-corrected chi connectivity index (χ4v) is 3.79. The van der Waals surface area contributed by atoms with Gasteiger partial charge in [-0.2, -0.15) is 5.10 Å². The summed E-state index contributed by atoms with van der Waals surface area (Å²) in [4.78, 5) is 17.1. The van der Waals surface area contributed by atoms with E-state index in [1.807, 2.05) is 74.6 Å². The highest BCUT2D eigenvalue weighted by Crippen LogP contribution is 2.28. The molecule has 6 nitrogen and oxygen atoms in total. The highest BCUT2D eigenvalue weighted by Gasteiger charge is 2.15. The summed E-state index contributed by atoms with van der Waals surface area (Å²) in [5.41, 5.74) is 3.82. The number of aromatic nitrogens is 4. The second kappa shape index (κ2) is 7.28. The number of aryl methyl sites for hydroxylation is 2. The second-order valence-corrected chi connectivity index (χ2v) is 7.13. The lowest BCUT2D eigenvalue weighted by atomic mass is 10.3. The Morgan fingerprint density at radius 2 is 1.85 bits per heavy atom. The molecular weight excluding hydrogens is 358 g/mol. The monoisotopic (exact) mass is 377 g/mol. The van der Waals surface area contributed by atoms with Crippen LogP contribution in [0.2, 0.25) is 0 Å². The third-order valence-electron chi connectivity index (χ3n) is 4.15. The van der Waals surface area contributed by atoms with Crippen LogP contribution in [0.5, 0.6) is 0 Å². The van der Waals surface area contributed by atoms with Crippen LogP contribution in [0, 0.1) is 6.92 Å². The number of hydrogen-bond acceptors (Lipinski definition) is 4. The van der Waals surface area contributed by atoms with E-state index < -0.39 is 0 Å². The lowest BCUT2D eigenvalue weighted by Gasteiger charge is -2.09. The molecule has 1 amide bonds. The van der Waals surface area contributed by atoms with Crippen molar-refractivity contribution in [3.8, 4) is 5.69 Å². The Morgan fingerprint density at radius 1 is 1.11 bits per heavy atom. The second-order valence-electron chi connectivity index (χ2n) is 6.19. The van der Waals surface area contributed by atoms with Gasteiger partial charge in [0.05, 0.1) is 22.5 Å². The molecule has 0 spiro atoms. The molecule has 0 aliphatic carbocycles. The number of anilines is 1. The molecule has 2 aromatic carbocycles. The number of para-hydroxylation sites is 3. The first-order valence-electron chi connectivity index (χ1n) is 8.58. The molecule has 7 heteroatoms. The molecule has 0 fully saturated rings. The summed E-state index contributed by atoms with van der Waals surface area (Å²) in [6.45, 7) is 1.90. The third-order valence-corrected chi connectivity index (χ3v) is 5.08. The molecular formula is C20H19N5OS. The number of hydrogen-bond donors (Lipinski definition) is 1. The molecule has 0 aliphatic heterocycles. The van der Waals surface area contributed by atoms with E-state index in [0.717, 1.165) is 27.6 Å². The molecule has 2 heterocycles. The van der Waals surface area contributed by atoms with Crippen molar-refractivity contribution in [1.29, 1.82) is 0 Å². The minimum Gasteiger partial charge on any atom is -0.310 e. The van der Waals surface area contributed by atoms with Crippen LogP contribution < -0.4 is 5.32 Å². The van der Waals surface area contributed by atoms with Crippen LogP contribution in [-0.4, -0.2) is 31.0 Å². The van der Waals surface area contributed by atoms with Crippen LogP contribution in [0.25, 0.3) is 16.7 Å². The molecule has 0 saturated carbocycles. The predicted molar refractivity (Wildman–Crippen MR) is 108 cm³/mol. The largest absolute Gasteiger partial charge is 0.310 e. The van der Waals surface area contributed by atoms with Gasteiger partial charge in [0, 0.05) is 18.8 Å². The zero-order valence-electron chi connectivity index (χ0n) is 15.1. The van der Waals surface area contributed by atoms with Crippen molar-refractivity contribution in [2.45, 2.75) is 12.1 Å². The maximum Gasteiger partial charge on any atom is 0.235 e. The van der Waals surface area contributed by atoms with Crippen LogP contribution >= 0.6 is 11.8 Å². The fourth-order valence-electron chi connectivity index (χ4n) is 2.96. The molecule has 0 bridgehead atoms. The Kier molecular flexibility index (Phi) is 4.68. The van der Waals surface area contributed by atoms with Crippen molar-refractivity contribution >= 4 is 34.5 Å². The lowest BCUT2D eigenvalue weighted by Crippen LogP contribution is -2.16. The molecule has 1 N–H and O–H groups in total. The van der Waals surface area contributed by atoms with Gasteiger partial charge >= 0.3 is 0 Å². The predicted octanol–water partition coefficient (Wildman–Crippen LogP) is 3.80. The highest BCUT2D eigenvalue weighted by atomic mass is 32.2. The van der Waals surface area contributed by atoms with Crippen molar-refractivity contribution in [3.63, 3.8) is 0 Å². The summed E-state index contributed by atoms with van der Waals surface area (Å²) in [6.07, 6.45) is 0. The molecule has 4 rings (SSSR count). The minimum atomic E-state index is -0.0883. The number of carbonyl (C=O) groups is 1. The maximum atomic E-state index is 12.4. The van der Waals surface area contributed by atoms with Crippen molar-refractivity contribution in [2.75, 3.05) is 11.1 Å². The number of benzene rings is 2. The molecule has 0 radical (unpaired) electrons. The summed E-state index contributed by atoms with van der Waals surface area (Å²) in [7, 11) is 1.81. The van der Waals surface area contributed by atoms with Gasteiger partial charge in [0.25, 0.3) is 0 Å². The van der Waals surface area contributed by atoms with Crippen LogP contribution in [0.4, 0.5) is 5.82 Å².